The third-order valence-corrected chi connectivity index (χ3v) is 3.56. The van der Waals surface area contributed by atoms with Crippen LogP contribution in [0.15, 0.2) is 4.99 Å². The van der Waals surface area contributed by atoms with Crippen molar-refractivity contribution in [3.63, 3.8) is 0 Å². The van der Waals surface area contributed by atoms with Crippen molar-refractivity contribution < 1.29 is 0 Å². The first-order chi connectivity index (χ1) is 7.65. The van der Waals surface area contributed by atoms with Crippen LogP contribution in [-0.4, -0.2) is 18.3 Å². The zero-order valence-electron chi connectivity index (χ0n) is 11.2. The maximum Gasteiger partial charge on any atom is 0.0540 e. The summed E-state index contributed by atoms with van der Waals surface area (Å²) in [5.41, 5.74) is 7.44. The summed E-state index contributed by atoms with van der Waals surface area (Å²) in [7, 11) is 0. The SMILES string of the molecule is CCCCCC1CCC(N)CN=C1C(C)C. The van der Waals surface area contributed by atoms with Gasteiger partial charge in [0.25, 0.3) is 0 Å². The highest BCUT2D eigenvalue weighted by atomic mass is 14.8. The van der Waals surface area contributed by atoms with Gasteiger partial charge in [0.2, 0.25) is 0 Å². The van der Waals surface area contributed by atoms with Crippen LogP contribution in [0.25, 0.3) is 0 Å². The minimum atomic E-state index is 0.296. The molecule has 0 aliphatic carbocycles. The van der Waals surface area contributed by atoms with Crippen molar-refractivity contribution in [1.82, 2.24) is 0 Å². The summed E-state index contributed by atoms with van der Waals surface area (Å²) in [6.45, 7) is 7.64. The molecular formula is C14H28N2. The van der Waals surface area contributed by atoms with Crippen molar-refractivity contribution in [1.29, 1.82) is 0 Å². The Kier molecular flexibility index (Phi) is 6.04. The first kappa shape index (κ1) is 13.7. The third kappa shape index (κ3) is 4.25. The lowest BCUT2D eigenvalue weighted by atomic mass is 9.86. The Hall–Kier alpha value is -0.370. The van der Waals surface area contributed by atoms with Crippen molar-refractivity contribution in [3.05, 3.63) is 0 Å². The number of hydrogen-bond acceptors (Lipinski definition) is 2. The van der Waals surface area contributed by atoms with E-state index in [1.54, 1.807) is 0 Å². The quantitative estimate of drug-likeness (QED) is 0.714. The molecule has 16 heavy (non-hydrogen) atoms. The predicted octanol–water partition coefficient (Wildman–Crippen LogP) is 3.40. The molecule has 94 valence electrons. The lowest BCUT2D eigenvalue weighted by Gasteiger charge is -2.20. The minimum Gasteiger partial charge on any atom is -0.326 e. The Balaban J connectivity index is 2.56. The molecule has 2 atom stereocenters. The van der Waals surface area contributed by atoms with Crippen LogP contribution in [0.1, 0.15) is 59.3 Å². The molecule has 0 aromatic rings. The normalized spacial score (nSPS) is 26.7. The van der Waals surface area contributed by atoms with Crippen molar-refractivity contribution in [2.24, 2.45) is 22.6 Å². The molecule has 0 aromatic carbocycles. The molecule has 0 saturated carbocycles. The summed E-state index contributed by atoms with van der Waals surface area (Å²) in [4.78, 5) is 4.76. The highest BCUT2D eigenvalue weighted by molar-refractivity contribution is 5.88. The van der Waals surface area contributed by atoms with Crippen LogP contribution in [0, 0.1) is 11.8 Å². The van der Waals surface area contributed by atoms with Crippen LogP contribution in [0.2, 0.25) is 0 Å². The molecular weight excluding hydrogens is 196 g/mol. The number of aliphatic imine (C=N–C) groups is 1. The fourth-order valence-corrected chi connectivity index (χ4v) is 2.59. The average molecular weight is 224 g/mol. The number of unbranched alkanes of at least 4 members (excludes halogenated alkanes) is 2. The van der Waals surface area contributed by atoms with Crippen molar-refractivity contribution in [2.75, 3.05) is 6.54 Å². The van der Waals surface area contributed by atoms with E-state index in [2.05, 4.69) is 20.8 Å². The topological polar surface area (TPSA) is 38.4 Å². The molecule has 0 amide bonds. The second-order valence-electron chi connectivity index (χ2n) is 5.45. The molecule has 0 fully saturated rings. The summed E-state index contributed by atoms with van der Waals surface area (Å²) in [5, 5.41) is 0. The molecule has 2 heteroatoms. The lowest BCUT2D eigenvalue weighted by molar-refractivity contribution is 0.489. The Morgan fingerprint density at radius 2 is 2.06 bits per heavy atom. The molecule has 0 spiro atoms. The van der Waals surface area contributed by atoms with Gasteiger partial charge in [-0.2, -0.15) is 0 Å². The fraction of sp³-hybridized carbons (Fsp3) is 0.929. The number of hydrogen-bond donors (Lipinski definition) is 1. The Morgan fingerprint density at radius 3 is 2.69 bits per heavy atom. The van der Waals surface area contributed by atoms with Gasteiger partial charge in [0, 0.05) is 11.8 Å². The highest BCUT2D eigenvalue weighted by Gasteiger charge is 2.22. The largest absolute Gasteiger partial charge is 0.326 e. The summed E-state index contributed by atoms with van der Waals surface area (Å²) in [5.74, 6) is 1.30. The maximum absolute atomic E-state index is 6.01. The van der Waals surface area contributed by atoms with Crippen molar-refractivity contribution in [2.45, 2.75) is 65.3 Å². The smallest absolute Gasteiger partial charge is 0.0540 e. The van der Waals surface area contributed by atoms with E-state index in [0.29, 0.717) is 17.9 Å². The molecule has 2 nitrogen and oxygen atoms in total. The molecule has 0 bridgehead atoms. The van der Waals surface area contributed by atoms with Crippen LogP contribution in [0.3, 0.4) is 0 Å². The number of nitrogens with two attached hydrogens (primary N) is 1. The second-order valence-corrected chi connectivity index (χ2v) is 5.45. The predicted molar refractivity (Wildman–Crippen MR) is 72.0 cm³/mol. The number of nitrogens with zero attached hydrogens (tertiary/aromatic N) is 1. The molecule has 0 aromatic heterocycles. The first-order valence-corrected chi connectivity index (χ1v) is 6.95. The standard InChI is InChI=1S/C14H28N2/c1-4-5-6-7-12-8-9-13(15)10-16-14(12)11(2)3/h11-13H,4-10,15H2,1-3H3. The highest BCUT2D eigenvalue weighted by Crippen LogP contribution is 2.24. The Bertz CT molecular complexity index is 221. The van der Waals surface area contributed by atoms with E-state index in [1.165, 1.54) is 37.8 Å². The van der Waals surface area contributed by atoms with Gasteiger partial charge in [-0.3, -0.25) is 4.99 Å². The molecule has 0 saturated heterocycles. The first-order valence-electron chi connectivity index (χ1n) is 6.95. The monoisotopic (exact) mass is 224 g/mol. The molecule has 1 rings (SSSR count). The Morgan fingerprint density at radius 1 is 1.31 bits per heavy atom. The number of rotatable bonds is 5. The average Bonchev–Trinajstić information content (AvgIpc) is 2.41. The Labute approximate surface area is 101 Å². The van der Waals surface area contributed by atoms with E-state index in [9.17, 15) is 0 Å². The third-order valence-electron chi connectivity index (χ3n) is 3.56. The zero-order valence-corrected chi connectivity index (χ0v) is 11.2. The van der Waals surface area contributed by atoms with Crippen LogP contribution in [-0.2, 0) is 0 Å². The van der Waals surface area contributed by atoms with Crippen LogP contribution in [0.5, 0.6) is 0 Å². The van der Waals surface area contributed by atoms with Gasteiger partial charge in [0.05, 0.1) is 6.54 Å². The van der Waals surface area contributed by atoms with Crippen LogP contribution >= 0.6 is 0 Å². The molecule has 1 heterocycles. The van der Waals surface area contributed by atoms with Gasteiger partial charge in [0.15, 0.2) is 0 Å². The summed E-state index contributed by atoms with van der Waals surface area (Å²) >= 11 is 0. The lowest BCUT2D eigenvalue weighted by Crippen LogP contribution is -2.22. The summed E-state index contributed by atoms with van der Waals surface area (Å²) in [6, 6.07) is 0.296. The van der Waals surface area contributed by atoms with Gasteiger partial charge in [-0.1, -0.05) is 40.0 Å². The molecule has 0 radical (unpaired) electrons. The van der Waals surface area contributed by atoms with E-state index < -0.39 is 0 Å². The molecule has 2 N–H and O–H groups in total. The van der Waals surface area contributed by atoms with Gasteiger partial charge in [0.1, 0.15) is 0 Å². The van der Waals surface area contributed by atoms with Gasteiger partial charge in [-0.15, -0.1) is 0 Å². The van der Waals surface area contributed by atoms with Gasteiger partial charge in [-0.05, 0) is 31.1 Å². The van der Waals surface area contributed by atoms with E-state index in [0.717, 1.165) is 13.0 Å². The van der Waals surface area contributed by atoms with Crippen molar-refractivity contribution in [3.8, 4) is 0 Å². The van der Waals surface area contributed by atoms with E-state index in [-0.39, 0.29) is 0 Å². The second kappa shape index (κ2) is 7.05. The van der Waals surface area contributed by atoms with E-state index in [4.69, 9.17) is 10.7 Å². The molecule has 1 aliphatic rings. The summed E-state index contributed by atoms with van der Waals surface area (Å²) < 4.78 is 0. The van der Waals surface area contributed by atoms with Crippen LogP contribution < -0.4 is 5.73 Å². The fourth-order valence-electron chi connectivity index (χ4n) is 2.59. The zero-order chi connectivity index (χ0) is 12.0. The summed E-state index contributed by atoms with van der Waals surface area (Å²) in [6.07, 6.45) is 7.73. The van der Waals surface area contributed by atoms with E-state index in [1.807, 2.05) is 0 Å². The van der Waals surface area contributed by atoms with Gasteiger partial charge < -0.3 is 5.73 Å². The van der Waals surface area contributed by atoms with Crippen molar-refractivity contribution >= 4 is 5.71 Å². The van der Waals surface area contributed by atoms with E-state index >= 15 is 0 Å². The molecule has 2 unspecified atom stereocenters. The van der Waals surface area contributed by atoms with Crippen LogP contribution in [0.4, 0.5) is 0 Å². The van der Waals surface area contributed by atoms with Gasteiger partial charge >= 0.3 is 0 Å². The van der Waals surface area contributed by atoms with Gasteiger partial charge in [-0.25, -0.2) is 0 Å². The minimum absolute atomic E-state index is 0.296. The molecule has 1 aliphatic heterocycles. The maximum atomic E-state index is 6.01.